The number of aromatic nitrogens is 2. The monoisotopic (exact) mass is 788 g/mol. The zero-order chi connectivity index (χ0) is 40.8. The van der Waals surface area contributed by atoms with E-state index in [1.165, 1.54) is 61.2 Å². The van der Waals surface area contributed by atoms with Gasteiger partial charge in [0.2, 0.25) is 0 Å². The van der Waals surface area contributed by atoms with Crippen molar-refractivity contribution in [2.45, 2.75) is 5.41 Å². The van der Waals surface area contributed by atoms with Crippen molar-refractivity contribution in [3.05, 3.63) is 241 Å². The van der Waals surface area contributed by atoms with Crippen molar-refractivity contribution in [2.75, 3.05) is 0 Å². The highest BCUT2D eigenvalue weighted by molar-refractivity contribution is 6.12. The molecule has 2 aliphatic carbocycles. The highest BCUT2D eigenvalue weighted by Gasteiger charge is 2.49. The van der Waals surface area contributed by atoms with E-state index < -0.39 is 5.41 Å². The molecule has 3 nitrogen and oxygen atoms in total. The molecule has 3 heteroatoms. The Hall–Kier alpha value is -8.14. The zero-order valence-corrected chi connectivity index (χ0v) is 33.6. The second-order valence-electron chi connectivity index (χ2n) is 16.4. The number of hydrogen-bond donors (Lipinski definition) is 0. The van der Waals surface area contributed by atoms with Gasteiger partial charge >= 0.3 is 0 Å². The molecule has 11 aromatic rings. The Bertz CT molecular complexity index is 3510. The van der Waals surface area contributed by atoms with Crippen LogP contribution in [0.2, 0.25) is 0 Å². The Kier molecular flexibility index (Phi) is 7.52. The van der Waals surface area contributed by atoms with Crippen LogP contribution in [0.1, 0.15) is 22.3 Å². The first-order valence-corrected chi connectivity index (χ1v) is 21.2. The number of furan rings is 1. The number of hydrogen-bond acceptors (Lipinski definition) is 3. The zero-order valence-electron chi connectivity index (χ0n) is 33.6. The first-order valence-electron chi connectivity index (χ1n) is 21.2. The summed E-state index contributed by atoms with van der Waals surface area (Å²) in [7, 11) is 0. The minimum atomic E-state index is -0.608. The highest BCUT2D eigenvalue weighted by Crippen LogP contribution is 2.61. The molecule has 0 amide bonds. The standard InChI is InChI=1S/C59H36N2O/c1-2-15-37(16-3-1)38-29-31-39(32-30-38)53-36-54(47-23-14-28-56-57(47)48-22-9-13-27-55(48)62-56)61-58(60-53)40-33-34-46-45-21-8-12-26-51(45)59(52(46)35-40)49-24-10-6-19-43(49)41-17-4-5-18-42(41)44-20-7-11-25-50(44)59/h1-36H. The minimum absolute atomic E-state index is 0.608. The summed E-state index contributed by atoms with van der Waals surface area (Å²) in [4.78, 5) is 10.9. The van der Waals surface area contributed by atoms with E-state index in [-0.39, 0.29) is 0 Å². The van der Waals surface area contributed by atoms with Crippen LogP contribution in [0.15, 0.2) is 223 Å². The Morgan fingerprint density at radius 2 is 0.790 bits per heavy atom. The quantitative estimate of drug-likeness (QED) is 0.178. The largest absolute Gasteiger partial charge is 0.456 e. The van der Waals surface area contributed by atoms with E-state index in [1.807, 2.05) is 18.2 Å². The minimum Gasteiger partial charge on any atom is -0.456 e. The molecule has 2 aromatic heterocycles. The van der Waals surface area contributed by atoms with Crippen LogP contribution < -0.4 is 0 Å². The maximum Gasteiger partial charge on any atom is 0.160 e. The Morgan fingerprint density at radius 3 is 1.48 bits per heavy atom. The molecule has 0 atom stereocenters. The Morgan fingerprint density at radius 1 is 0.306 bits per heavy atom. The van der Waals surface area contributed by atoms with Crippen LogP contribution >= 0.6 is 0 Å². The van der Waals surface area contributed by atoms with E-state index in [0.29, 0.717) is 5.82 Å². The van der Waals surface area contributed by atoms with Crippen LogP contribution in [0.25, 0.3) is 100 Å². The summed E-state index contributed by atoms with van der Waals surface area (Å²) in [5.74, 6) is 0.668. The third-order valence-electron chi connectivity index (χ3n) is 13.2. The lowest BCUT2D eigenvalue weighted by Gasteiger charge is -2.35. The molecule has 13 rings (SSSR count). The van der Waals surface area contributed by atoms with Crippen LogP contribution in [-0.2, 0) is 5.41 Å². The summed E-state index contributed by atoms with van der Waals surface area (Å²) in [6.45, 7) is 0. The van der Waals surface area contributed by atoms with Crippen LogP contribution in [0.5, 0.6) is 0 Å². The summed E-state index contributed by atoms with van der Waals surface area (Å²) in [5.41, 5.74) is 20.6. The summed E-state index contributed by atoms with van der Waals surface area (Å²) in [5, 5.41) is 2.11. The highest BCUT2D eigenvalue weighted by atomic mass is 16.3. The van der Waals surface area contributed by atoms with Gasteiger partial charge in [0.25, 0.3) is 0 Å². The lowest BCUT2D eigenvalue weighted by Crippen LogP contribution is -2.29. The van der Waals surface area contributed by atoms with Crippen molar-refractivity contribution in [1.29, 1.82) is 0 Å². The van der Waals surface area contributed by atoms with E-state index in [1.54, 1.807) is 0 Å². The predicted octanol–water partition coefficient (Wildman–Crippen LogP) is 15.1. The predicted molar refractivity (Wildman–Crippen MR) is 253 cm³/mol. The van der Waals surface area contributed by atoms with Gasteiger partial charge < -0.3 is 4.42 Å². The molecule has 2 aliphatic rings. The molecule has 0 saturated heterocycles. The van der Waals surface area contributed by atoms with Gasteiger partial charge in [0.15, 0.2) is 5.82 Å². The molecule has 2 heterocycles. The van der Waals surface area contributed by atoms with Gasteiger partial charge in [-0.25, -0.2) is 9.97 Å². The molecule has 0 saturated carbocycles. The second-order valence-corrected chi connectivity index (χ2v) is 16.4. The van der Waals surface area contributed by atoms with E-state index in [0.717, 1.165) is 55.6 Å². The van der Waals surface area contributed by atoms with Crippen molar-refractivity contribution in [3.63, 3.8) is 0 Å². The van der Waals surface area contributed by atoms with Gasteiger partial charge in [-0.15, -0.1) is 0 Å². The van der Waals surface area contributed by atoms with Crippen LogP contribution in [0.4, 0.5) is 0 Å². The summed E-state index contributed by atoms with van der Waals surface area (Å²) in [6.07, 6.45) is 0. The fourth-order valence-corrected chi connectivity index (χ4v) is 10.5. The number of nitrogens with zero attached hydrogens (tertiary/aromatic N) is 2. The van der Waals surface area contributed by atoms with E-state index in [2.05, 4.69) is 200 Å². The van der Waals surface area contributed by atoms with Gasteiger partial charge in [-0.2, -0.15) is 0 Å². The third-order valence-corrected chi connectivity index (χ3v) is 13.2. The van der Waals surface area contributed by atoms with Gasteiger partial charge in [0.1, 0.15) is 11.2 Å². The summed E-state index contributed by atoms with van der Waals surface area (Å²) < 4.78 is 6.39. The van der Waals surface area contributed by atoms with Crippen LogP contribution in [0, 0.1) is 0 Å². The smallest absolute Gasteiger partial charge is 0.160 e. The van der Waals surface area contributed by atoms with Gasteiger partial charge in [0.05, 0.1) is 16.8 Å². The third kappa shape index (κ3) is 5.00. The Balaban J connectivity index is 1.08. The van der Waals surface area contributed by atoms with E-state index in [9.17, 15) is 0 Å². The molecule has 0 fully saturated rings. The molecular weight excluding hydrogens is 753 g/mol. The molecule has 62 heavy (non-hydrogen) atoms. The molecule has 288 valence electrons. The van der Waals surface area contributed by atoms with Crippen LogP contribution in [0.3, 0.4) is 0 Å². The molecule has 1 spiro atoms. The molecule has 9 aromatic carbocycles. The van der Waals surface area contributed by atoms with Crippen molar-refractivity contribution in [3.8, 4) is 78.4 Å². The average molecular weight is 789 g/mol. The van der Waals surface area contributed by atoms with Crippen molar-refractivity contribution in [2.24, 2.45) is 0 Å². The first-order chi connectivity index (χ1) is 30.7. The Labute approximate surface area is 359 Å². The summed E-state index contributed by atoms with van der Waals surface area (Å²) >= 11 is 0. The normalized spacial score (nSPS) is 13.0. The van der Waals surface area contributed by atoms with Crippen molar-refractivity contribution < 1.29 is 4.42 Å². The van der Waals surface area contributed by atoms with Gasteiger partial charge in [0, 0.05) is 27.5 Å². The number of para-hydroxylation sites is 1. The number of rotatable bonds is 4. The SMILES string of the molecule is c1ccc(-c2ccc(-c3cc(-c4cccc5oc6ccccc6c45)nc(-c4ccc5c(c4)C4(c6ccccc6-c6ccccc6-c6ccccc64)c4ccccc4-5)n3)cc2)cc1. The van der Waals surface area contributed by atoms with Crippen molar-refractivity contribution in [1.82, 2.24) is 9.97 Å². The number of benzene rings is 9. The lowest BCUT2D eigenvalue weighted by molar-refractivity contribution is 0.669. The summed E-state index contributed by atoms with van der Waals surface area (Å²) in [6, 6.07) is 78.7. The van der Waals surface area contributed by atoms with Gasteiger partial charge in [-0.3, -0.25) is 0 Å². The molecule has 0 unspecified atom stereocenters. The molecule has 0 N–H and O–H groups in total. The fraction of sp³-hybridized carbons (Fsp3) is 0.0169. The lowest BCUT2D eigenvalue weighted by atomic mass is 9.66. The fourth-order valence-electron chi connectivity index (χ4n) is 10.5. The van der Waals surface area contributed by atoms with E-state index in [4.69, 9.17) is 14.4 Å². The first kappa shape index (κ1) is 34.7. The molecular formula is C59H36N2O. The molecule has 0 bridgehead atoms. The topological polar surface area (TPSA) is 38.9 Å². The molecule has 0 aliphatic heterocycles. The maximum absolute atomic E-state index is 6.39. The van der Waals surface area contributed by atoms with Crippen molar-refractivity contribution >= 4 is 21.9 Å². The number of fused-ring (bicyclic) bond motifs is 15. The van der Waals surface area contributed by atoms with E-state index >= 15 is 0 Å². The van der Waals surface area contributed by atoms with Gasteiger partial charge in [-0.05, 0) is 91.0 Å². The second kappa shape index (κ2) is 13.4. The van der Waals surface area contributed by atoms with Gasteiger partial charge in [-0.1, -0.05) is 194 Å². The average Bonchev–Trinajstić information content (AvgIpc) is 3.84. The maximum atomic E-state index is 6.39. The molecule has 0 radical (unpaired) electrons. The van der Waals surface area contributed by atoms with Crippen LogP contribution in [-0.4, -0.2) is 9.97 Å².